The van der Waals surface area contributed by atoms with Crippen LogP contribution in [0.5, 0.6) is 0 Å². The van der Waals surface area contributed by atoms with Gasteiger partial charge in [0.05, 0.1) is 5.41 Å². The van der Waals surface area contributed by atoms with Gasteiger partial charge in [-0.1, -0.05) is 45.0 Å². The van der Waals surface area contributed by atoms with Crippen molar-refractivity contribution in [2.24, 2.45) is 0 Å². The first kappa shape index (κ1) is 21.3. The Morgan fingerprint density at radius 3 is 2.32 bits per heavy atom. The summed E-state index contributed by atoms with van der Waals surface area (Å²) in [5.41, 5.74) is 7.52. The molecule has 0 radical (unpaired) electrons. The van der Waals surface area contributed by atoms with Crippen molar-refractivity contribution in [3.8, 4) is 11.1 Å². The van der Waals surface area contributed by atoms with Crippen molar-refractivity contribution in [3.05, 3.63) is 48.0 Å². The Morgan fingerprint density at radius 2 is 1.74 bits per heavy atom. The van der Waals surface area contributed by atoms with Gasteiger partial charge in [-0.15, -0.1) is 0 Å². The molecule has 0 spiro atoms. The molecule has 0 bridgehead atoms. The quantitative estimate of drug-likeness (QED) is 0.640. The summed E-state index contributed by atoms with van der Waals surface area (Å²) in [4.78, 5) is 26.1. The molecule has 9 heteroatoms. The van der Waals surface area contributed by atoms with Crippen LogP contribution in [0.2, 0.25) is 0 Å². The number of nitrogens with one attached hydrogen (secondary N) is 1. The summed E-state index contributed by atoms with van der Waals surface area (Å²) in [6, 6.07) is 7.96. The molecule has 0 saturated carbocycles. The van der Waals surface area contributed by atoms with Crippen LogP contribution in [-0.2, 0) is 20.4 Å². The number of benzene rings is 1. The lowest BCUT2D eigenvalue weighted by molar-refractivity contribution is -0.125. The number of hydrogen-bond acceptors (Lipinski definition) is 8. The van der Waals surface area contributed by atoms with Crippen LogP contribution in [0.25, 0.3) is 11.1 Å². The molecule has 1 aromatic carbocycles. The fraction of sp³-hybridized carbons (Fsp3) is 0.409. The molecule has 162 valence electrons. The minimum absolute atomic E-state index is 0.0732. The van der Waals surface area contributed by atoms with Crippen molar-refractivity contribution in [3.63, 3.8) is 0 Å². The largest absolute Gasteiger partial charge is 0.381 e. The molecule has 0 unspecified atom stereocenters. The van der Waals surface area contributed by atoms with Crippen LogP contribution in [0.3, 0.4) is 0 Å². The van der Waals surface area contributed by atoms with Gasteiger partial charge in [0.25, 0.3) is 0 Å². The molecule has 0 atom stereocenters. The Kier molecular flexibility index (Phi) is 5.72. The molecule has 2 aromatic heterocycles. The zero-order valence-electron chi connectivity index (χ0n) is 17.9. The molecule has 1 amide bonds. The van der Waals surface area contributed by atoms with Crippen molar-refractivity contribution in [2.45, 2.75) is 44.4 Å². The van der Waals surface area contributed by atoms with Crippen molar-refractivity contribution < 1.29 is 9.53 Å². The first-order chi connectivity index (χ1) is 14.8. The number of carbonyl (C=O) groups excluding carboxylic acids is 1. The highest BCUT2D eigenvalue weighted by atomic mass is 32.1. The summed E-state index contributed by atoms with van der Waals surface area (Å²) in [6.45, 7) is 7.21. The van der Waals surface area contributed by atoms with Crippen LogP contribution in [-0.4, -0.2) is 38.4 Å². The van der Waals surface area contributed by atoms with Gasteiger partial charge in [-0.25, -0.2) is 15.0 Å². The Hall–Kier alpha value is -2.91. The number of nitrogens with zero attached hydrogens (tertiary/aromatic N) is 4. The maximum absolute atomic E-state index is 13.5. The van der Waals surface area contributed by atoms with Gasteiger partial charge in [0.2, 0.25) is 17.0 Å². The molecule has 3 aromatic rings. The molecule has 8 nitrogen and oxygen atoms in total. The Morgan fingerprint density at radius 1 is 1.10 bits per heavy atom. The molecule has 1 aliphatic heterocycles. The molecular weight excluding hydrogens is 412 g/mol. The average Bonchev–Trinajstić information content (AvgIpc) is 3.24. The lowest BCUT2D eigenvalue weighted by atomic mass is 9.73. The van der Waals surface area contributed by atoms with Crippen LogP contribution < -0.4 is 11.1 Å². The van der Waals surface area contributed by atoms with Crippen LogP contribution in [0.4, 0.5) is 11.1 Å². The van der Waals surface area contributed by atoms with Crippen LogP contribution in [0, 0.1) is 0 Å². The number of anilines is 2. The van der Waals surface area contributed by atoms with Crippen LogP contribution >= 0.6 is 11.5 Å². The van der Waals surface area contributed by atoms with E-state index < -0.39 is 5.41 Å². The molecule has 31 heavy (non-hydrogen) atoms. The van der Waals surface area contributed by atoms with Gasteiger partial charge < -0.3 is 10.5 Å². The normalized spacial score (nSPS) is 16.1. The Labute approximate surface area is 185 Å². The smallest absolute Gasteiger partial charge is 0.237 e. The summed E-state index contributed by atoms with van der Waals surface area (Å²) >= 11 is 1.22. The lowest BCUT2D eigenvalue weighted by Gasteiger charge is -2.36. The van der Waals surface area contributed by atoms with E-state index >= 15 is 0 Å². The third kappa shape index (κ3) is 4.42. The van der Waals surface area contributed by atoms with E-state index in [2.05, 4.69) is 24.6 Å². The SMILES string of the molecule is CC(C)(C)c1nsc(NC(=O)C2(c3ccc(-c4cnc(N)nc4)cc3)CCOCC2)n1. The fourth-order valence-electron chi connectivity index (χ4n) is 3.63. The minimum Gasteiger partial charge on any atom is -0.381 e. The van der Waals surface area contributed by atoms with E-state index in [0.717, 1.165) is 22.5 Å². The molecule has 3 N–H and O–H groups in total. The number of nitrogens with two attached hydrogens (primary N) is 1. The maximum Gasteiger partial charge on any atom is 0.237 e. The second-order valence-electron chi connectivity index (χ2n) is 8.73. The Balaban J connectivity index is 1.60. The first-order valence-electron chi connectivity index (χ1n) is 10.2. The van der Waals surface area contributed by atoms with Gasteiger partial charge in [-0.2, -0.15) is 4.37 Å². The number of amides is 1. The zero-order chi connectivity index (χ0) is 22.1. The summed E-state index contributed by atoms with van der Waals surface area (Å²) in [5.74, 6) is 0.893. The highest BCUT2D eigenvalue weighted by molar-refractivity contribution is 7.09. The monoisotopic (exact) mass is 438 g/mol. The molecule has 1 saturated heterocycles. The van der Waals surface area contributed by atoms with E-state index in [1.165, 1.54) is 11.5 Å². The van der Waals surface area contributed by atoms with E-state index in [-0.39, 0.29) is 17.3 Å². The molecule has 4 rings (SSSR count). The van der Waals surface area contributed by atoms with Crippen molar-refractivity contribution in [1.82, 2.24) is 19.3 Å². The number of aromatic nitrogens is 4. The Bertz CT molecular complexity index is 1050. The minimum atomic E-state index is -0.679. The third-order valence-electron chi connectivity index (χ3n) is 5.54. The molecule has 1 aliphatic rings. The second kappa shape index (κ2) is 8.32. The van der Waals surface area contributed by atoms with Gasteiger partial charge >= 0.3 is 0 Å². The summed E-state index contributed by atoms with van der Waals surface area (Å²) in [5, 5.41) is 3.54. The van der Waals surface area contributed by atoms with Gasteiger partial charge in [0, 0.05) is 48.1 Å². The lowest BCUT2D eigenvalue weighted by Crippen LogP contribution is -2.44. The van der Waals surface area contributed by atoms with Gasteiger partial charge in [-0.3, -0.25) is 10.1 Å². The number of rotatable bonds is 4. The van der Waals surface area contributed by atoms with Gasteiger partial charge in [-0.05, 0) is 24.0 Å². The fourth-order valence-corrected chi connectivity index (χ4v) is 4.38. The number of carbonyl (C=O) groups is 1. The number of hydrogen-bond donors (Lipinski definition) is 2. The van der Waals surface area contributed by atoms with E-state index in [1.54, 1.807) is 12.4 Å². The zero-order valence-corrected chi connectivity index (χ0v) is 18.7. The number of ether oxygens (including phenoxy) is 1. The van der Waals surface area contributed by atoms with E-state index in [9.17, 15) is 4.79 Å². The van der Waals surface area contributed by atoms with Crippen LogP contribution in [0.1, 0.15) is 45.0 Å². The van der Waals surface area contributed by atoms with E-state index in [0.29, 0.717) is 31.2 Å². The van der Waals surface area contributed by atoms with Crippen molar-refractivity contribution >= 4 is 28.5 Å². The highest BCUT2D eigenvalue weighted by Gasteiger charge is 2.42. The molecule has 0 aliphatic carbocycles. The van der Waals surface area contributed by atoms with Crippen molar-refractivity contribution in [2.75, 3.05) is 24.3 Å². The topological polar surface area (TPSA) is 116 Å². The summed E-state index contributed by atoms with van der Waals surface area (Å²) < 4.78 is 9.97. The highest BCUT2D eigenvalue weighted by Crippen LogP contribution is 2.37. The average molecular weight is 439 g/mol. The van der Waals surface area contributed by atoms with E-state index in [1.807, 2.05) is 45.0 Å². The first-order valence-corrected chi connectivity index (χ1v) is 11.0. The molecule has 3 heterocycles. The second-order valence-corrected chi connectivity index (χ2v) is 9.48. The molecular formula is C22H26N6O2S. The maximum atomic E-state index is 13.5. The van der Waals surface area contributed by atoms with E-state index in [4.69, 9.17) is 10.5 Å². The molecule has 1 fully saturated rings. The predicted octanol–water partition coefficient (Wildman–Crippen LogP) is 3.56. The van der Waals surface area contributed by atoms with Crippen LogP contribution in [0.15, 0.2) is 36.7 Å². The predicted molar refractivity (Wildman–Crippen MR) is 121 cm³/mol. The van der Waals surface area contributed by atoms with Crippen molar-refractivity contribution in [1.29, 1.82) is 0 Å². The van der Waals surface area contributed by atoms with Gasteiger partial charge in [0.15, 0.2) is 0 Å². The number of nitrogen functional groups attached to an aromatic ring is 1. The van der Waals surface area contributed by atoms with Gasteiger partial charge in [0.1, 0.15) is 5.82 Å². The third-order valence-corrected chi connectivity index (χ3v) is 6.17. The summed E-state index contributed by atoms with van der Waals surface area (Å²) in [6.07, 6.45) is 4.59. The summed E-state index contributed by atoms with van der Waals surface area (Å²) in [7, 11) is 0. The standard InChI is InChI=1S/C22H26N6O2S/c1-21(2,3)17-26-20(31-28-17)27-18(29)22(8-10-30-11-9-22)16-6-4-14(5-7-16)15-12-24-19(23)25-13-15/h4-7,12-13H,8-11H2,1-3H3,(H2,23,24,25)(H,26,27,28,29).